The van der Waals surface area contributed by atoms with Crippen molar-refractivity contribution in [3.63, 3.8) is 0 Å². The Kier molecular flexibility index (Phi) is 8.77. The Hall–Kier alpha value is -0.830. The highest BCUT2D eigenvalue weighted by Gasteiger charge is 2.21. The van der Waals surface area contributed by atoms with E-state index in [1.807, 2.05) is 24.0 Å². The molecule has 1 aliphatic heterocycles. The summed E-state index contributed by atoms with van der Waals surface area (Å²) in [7, 11) is 1.83. The van der Waals surface area contributed by atoms with E-state index in [9.17, 15) is 0 Å². The number of rotatable bonds is 5. The minimum absolute atomic E-state index is 0. The molecule has 0 spiro atoms. The first-order valence-corrected chi connectivity index (χ1v) is 7.87. The highest BCUT2D eigenvalue weighted by atomic mass is 127. The Balaban J connectivity index is 0.00000242. The van der Waals surface area contributed by atoms with Crippen LogP contribution in [0.15, 0.2) is 23.5 Å². The fourth-order valence-electron chi connectivity index (χ4n) is 2.67. The van der Waals surface area contributed by atoms with E-state index in [1.54, 1.807) is 6.20 Å². The minimum atomic E-state index is 0. The molecule has 0 amide bonds. The van der Waals surface area contributed by atoms with Crippen LogP contribution >= 0.6 is 24.0 Å². The molecule has 0 aliphatic carbocycles. The Morgan fingerprint density at radius 3 is 2.64 bits per heavy atom. The first-order chi connectivity index (χ1) is 10.2. The Morgan fingerprint density at radius 2 is 2.09 bits per heavy atom. The van der Waals surface area contributed by atoms with Gasteiger partial charge in [-0.15, -0.1) is 24.0 Å². The number of piperidine rings is 1. The third-order valence-corrected chi connectivity index (χ3v) is 4.02. The number of aromatic nitrogens is 2. The van der Waals surface area contributed by atoms with Gasteiger partial charge in [0.1, 0.15) is 0 Å². The predicted molar refractivity (Wildman–Crippen MR) is 102 cm³/mol. The molecule has 2 heterocycles. The SMILES string of the molecule is CN=C(NCCn1cccn1)NC1CCN(C(C)C)CC1.I. The minimum Gasteiger partial charge on any atom is -0.355 e. The highest BCUT2D eigenvalue weighted by Crippen LogP contribution is 2.12. The number of aliphatic imine (C=N–C) groups is 1. The Labute approximate surface area is 150 Å². The maximum atomic E-state index is 4.31. The molecule has 0 bridgehead atoms. The summed E-state index contributed by atoms with van der Waals surface area (Å²) >= 11 is 0. The van der Waals surface area contributed by atoms with Crippen LogP contribution in [0, 0.1) is 0 Å². The van der Waals surface area contributed by atoms with Crippen molar-refractivity contribution >= 4 is 29.9 Å². The maximum absolute atomic E-state index is 4.31. The van der Waals surface area contributed by atoms with Crippen LogP contribution in [-0.2, 0) is 6.54 Å². The number of nitrogens with zero attached hydrogens (tertiary/aromatic N) is 4. The van der Waals surface area contributed by atoms with Gasteiger partial charge in [-0.25, -0.2) is 0 Å². The number of guanidine groups is 1. The zero-order chi connectivity index (χ0) is 15.1. The molecule has 1 fully saturated rings. The zero-order valence-corrected chi connectivity index (χ0v) is 16.2. The van der Waals surface area contributed by atoms with Crippen LogP contribution in [0.2, 0.25) is 0 Å². The van der Waals surface area contributed by atoms with Gasteiger partial charge in [0, 0.05) is 51.2 Å². The van der Waals surface area contributed by atoms with Gasteiger partial charge in [-0.2, -0.15) is 5.10 Å². The first kappa shape index (κ1) is 19.2. The zero-order valence-electron chi connectivity index (χ0n) is 13.8. The van der Waals surface area contributed by atoms with Crippen molar-refractivity contribution in [1.29, 1.82) is 0 Å². The molecule has 126 valence electrons. The second-order valence-corrected chi connectivity index (χ2v) is 5.82. The van der Waals surface area contributed by atoms with Crippen molar-refractivity contribution in [2.24, 2.45) is 4.99 Å². The quantitative estimate of drug-likeness (QED) is 0.431. The molecule has 6 nitrogen and oxygen atoms in total. The number of hydrogen-bond donors (Lipinski definition) is 2. The van der Waals surface area contributed by atoms with E-state index in [1.165, 1.54) is 25.9 Å². The normalized spacial score (nSPS) is 17.4. The lowest BCUT2D eigenvalue weighted by Crippen LogP contribution is -2.50. The van der Waals surface area contributed by atoms with Gasteiger partial charge in [-0.1, -0.05) is 0 Å². The lowest BCUT2D eigenvalue weighted by Gasteiger charge is -2.35. The summed E-state index contributed by atoms with van der Waals surface area (Å²) in [5, 5.41) is 11.1. The van der Waals surface area contributed by atoms with Gasteiger partial charge in [0.2, 0.25) is 0 Å². The van der Waals surface area contributed by atoms with Gasteiger partial charge >= 0.3 is 0 Å². The van der Waals surface area contributed by atoms with Gasteiger partial charge in [-0.05, 0) is 32.8 Å². The molecule has 1 aromatic rings. The van der Waals surface area contributed by atoms with Crippen LogP contribution in [0.5, 0.6) is 0 Å². The Morgan fingerprint density at radius 1 is 1.36 bits per heavy atom. The van der Waals surface area contributed by atoms with E-state index in [0.29, 0.717) is 12.1 Å². The van der Waals surface area contributed by atoms with Gasteiger partial charge < -0.3 is 15.5 Å². The molecule has 0 radical (unpaired) electrons. The number of nitrogens with one attached hydrogen (secondary N) is 2. The fraction of sp³-hybridized carbons (Fsp3) is 0.733. The molecule has 2 rings (SSSR count). The third kappa shape index (κ3) is 6.12. The average Bonchev–Trinajstić information content (AvgIpc) is 3.00. The molecule has 0 aromatic carbocycles. The van der Waals surface area contributed by atoms with Crippen LogP contribution < -0.4 is 10.6 Å². The average molecular weight is 420 g/mol. The van der Waals surface area contributed by atoms with E-state index in [-0.39, 0.29) is 24.0 Å². The molecule has 0 saturated carbocycles. The van der Waals surface area contributed by atoms with Gasteiger partial charge in [0.25, 0.3) is 0 Å². The number of hydrogen-bond acceptors (Lipinski definition) is 3. The number of halogens is 1. The molecule has 22 heavy (non-hydrogen) atoms. The number of likely N-dealkylation sites (tertiary alicyclic amines) is 1. The van der Waals surface area contributed by atoms with Crippen LogP contribution in [0.1, 0.15) is 26.7 Å². The summed E-state index contributed by atoms with van der Waals surface area (Å²) in [6.45, 7) is 8.54. The van der Waals surface area contributed by atoms with E-state index in [4.69, 9.17) is 0 Å². The molecule has 1 aromatic heterocycles. The van der Waals surface area contributed by atoms with Crippen molar-refractivity contribution in [1.82, 2.24) is 25.3 Å². The molecular weight excluding hydrogens is 391 g/mol. The van der Waals surface area contributed by atoms with Crippen LogP contribution in [-0.4, -0.2) is 59.4 Å². The van der Waals surface area contributed by atoms with Gasteiger partial charge in [0.05, 0.1) is 6.54 Å². The van der Waals surface area contributed by atoms with Crippen LogP contribution in [0.3, 0.4) is 0 Å². The first-order valence-electron chi connectivity index (χ1n) is 7.87. The van der Waals surface area contributed by atoms with Gasteiger partial charge in [0.15, 0.2) is 5.96 Å². The van der Waals surface area contributed by atoms with E-state index >= 15 is 0 Å². The summed E-state index contributed by atoms with van der Waals surface area (Å²) in [5.41, 5.74) is 0. The summed E-state index contributed by atoms with van der Waals surface area (Å²) in [5.74, 6) is 0.894. The molecule has 2 N–H and O–H groups in total. The summed E-state index contributed by atoms with van der Waals surface area (Å²) in [6, 6.07) is 3.11. The second kappa shape index (κ2) is 10.0. The van der Waals surface area contributed by atoms with Gasteiger partial charge in [-0.3, -0.25) is 9.67 Å². The summed E-state index contributed by atoms with van der Waals surface area (Å²) in [6.07, 6.45) is 6.13. The highest BCUT2D eigenvalue weighted by molar-refractivity contribution is 14.0. The molecule has 0 unspecified atom stereocenters. The van der Waals surface area contributed by atoms with Crippen LogP contribution in [0.4, 0.5) is 0 Å². The Bertz CT molecular complexity index is 423. The monoisotopic (exact) mass is 420 g/mol. The van der Waals surface area contributed by atoms with E-state index in [0.717, 1.165) is 19.0 Å². The van der Waals surface area contributed by atoms with Crippen molar-refractivity contribution in [2.45, 2.75) is 45.3 Å². The topological polar surface area (TPSA) is 57.5 Å². The summed E-state index contributed by atoms with van der Waals surface area (Å²) < 4.78 is 1.92. The van der Waals surface area contributed by atoms with Crippen molar-refractivity contribution in [2.75, 3.05) is 26.7 Å². The van der Waals surface area contributed by atoms with Crippen molar-refractivity contribution < 1.29 is 0 Å². The van der Waals surface area contributed by atoms with Crippen molar-refractivity contribution in [3.8, 4) is 0 Å². The fourth-order valence-corrected chi connectivity index (χ4v) is 2.67. The predicted octanol–water partition coefficient (Wildman–Crippen LogP) is 1.54. The van der Waals surface area contributed by atoms with Crippen molar-refractivity contribution in [3.05, 3.63) is 18.5 Å². The maximum Gasteiger partial charge on any atom is 0.191 e. The molecular formula is C15H29IN6. The smallest absolute Gasteiger partial charge is 0.191 e. The lowest BCUT2D eigenvalue weighted by molar-refractivity contribution is 0.167. The molecule has 0 atom stereocenters. The third-order valence-electron chi connectivity index (χ3n) is 4.02. The van der Waals surface area contributed by atoms with E-state index < -0.39 is 0 Å². The molecule has 1 aliphatic rings. The molecule has 7 heteroatoms. The second-order valence-electron chi connectivity index (χ2n) is 5.82. The summed E-state index contributed by atoms with van der Waals surface area (Å²) in [4.78, 5) is 6.84. The standard InChI is InChI=1S/C15H28N6.HI/c1-13(2)20-10-5-14(6-11-20)19-15(16-3)17-8-12-21-9-4-7-18-21;/h4,7,9,13-14H,5-6,8,10-12H2,1-3H3,(H2,16,17,19);1H. The van der Waals surface area contributed by atoms with E-state index in [2.05, 4.69) is 39.5 Å². The largest absolute Gasteiger partial charge is 0.355 e. The lowest BCUT2D eigenvalue weighted by atomic mass is 10.0. The molecule has 1 saturated heterocycles. The van der Waals surface area contributed by atoms with Crippen LogP contribution in [0.25, 0.3) is 0 Å².